The highest BCUT2D eigenvalue weighted by atomic mass is 32.2. The first-order valence-corrected chi connectivity index (χ1v) is 10.7. The highest BCUT2D eigenvalue weighted by Gasteiger charge is 2.28. The van der Waals surface area contributed by atoms with Crippen LogP contribution in [0.3, 0.4) is 0 Å². The van der Waals surface area contributed by atoms with Crippen LogP contribution in [0.4, 0.5) is 0 Å². The second kappa shape index (κ2) is 9.82. The molecular weight excluding hydrogens is 368 g/mol. The van der Waals surface area contributed by atoms with E-state index in [0.717, 1.165) is 5.56 Å². The molecule has 9 heteroatoms. The van der Waals surface area contributed by atoms with Crippen molar-refractivity contribution in [1.29, 1.82) is 0 Å². The number of nitrogens with zero attached hydrogens (tertiary/aromatic N) is 2. The largest absolute Gasteiger partial charge is 0.355 e. The van der Waals surface area contributed by atoms with Crippen LogP contribution in [0, 0.1) is 0 Å². The van der Waals surface area contributed by atoms with Crippen LogP contribution in [0.2, 0.25) is 0 Å². The van der Waals surface area contributed by atoms with Gasteiger partial charge in [0.15, 0.2) is 0 Å². The molecule has 0 spiro atoms. The Bertz CT molecular complexity index is 731. The predicted octanol–water partition coefficient (Wildman–Crippen LogP) is -0.225. The van der Waals surface area contributed by atoms with Gasteiger partial charge in [0, 0.05) is 32.7 Å². The van der Waals surface area contributed by atoms with E-state index in [-0.39, 0.29) is 24.1 Å². The van der Waals surface area contributed by atoms with Crippen molar-refractivity contribution in [2.24, 2.45) is 0 Å². The van der Waals surface area contributed by atoms with Crippen molar-refractivity contribution in [1.82, 2.24) is 19.8 Å². The lowest BCUT2D eigenvalue weighted by molar-refractivity contribution is -0.129. The minimum absolute atomic E-state index is 0.0155. The third kappa shape index (κ3) is 6.60. The first-order valence-electron chi connectivity index (χ1n) is 9.13. The molecule has 0 radical (unpaired) electrons. The van der Waals surface area contributed by atoms with E-state index in [4.69, 9.17) is 0 Å². The number of carbonyl (C=O) groups is 2. The maximum absolute atomic E-state index is 12.5. The van der Waals surface area contributed by atoms with Gasteiger partial charge in [-0.05, 0) is 19.4 Å². The smallest absolute Gasteiger partial charge is 0.242 e. The molecule has 0 unspecified atom stereocenters. The summed E-state index contributed by atoms with van der Waals surface area (Å²) in [7, 11) is -3.37. The summed E-state index contributed by atoms with van der Waals surface area (Å²) in [4.78, 5) is 25.6. The molecule has 8 nitrogen and oxygen atoms in total. The molecule has 27 heavy (non-hydrogen) atoms. The van der Waals surface area contributed by atoms with Crippen LogP contribution in [0.5, 0.6) is 0 Å². The molecule has 1 atom stereocenters. The molecule has 1 aromatic carbocycles. The summed E-state index contributed by atoms with van der Waals surface area (Å²) in [5.41, 5.74) is 0.763. The molecule has 150 valence electrons. The van der Waals surface area contributed by atoms with Gasteiger partial charge in [0.2, 0.25) is 21.8 Å². The summed E-state index contributed by atoms with van der Waals surface area (Å²) in [5, 5.41) is 5.32. The molecule has 1 heterocycles. The molecule has 0 saturated carbocycles. The highest BCUT2D eigenvalue weighted by molar-refractivity contribution is 7.88. The number of carbonyl (C=O) groups excluding carboxylic acids is 2. The number of hydrogen-bond donors (Lipinski definition) is 2. The van der Waals surface area contributed by atoms with Crippen molar-refractivity contribution >= 4 is 21.8 Å². The topological polar surface area (TPSA) is 98.8 Å². The summed E-state index contributed by atoms with van der Waals surface area (Å²) in [6, 6.07) is 8.51. The predicted molar refractivity (Wildman–Crippen MR) is 103 cm³/mol. The number of piperazine rings is 1. The van der Waals surface area contributed by atoms with Gasteiger partial charge in [-0.2, -0.15) is 4.31 Å². The van der Waals surface area contributed by atoms with Gasteiger partial charge in [0.25, 0.3) is 0 Å². The van der Waals surface area contributed by atoms with E-state index < -0.39 is 16.1 Å². The van der Waals surface area contributed by atoms with Crippen LogP contribution in [-0.4, -0.2) is 74.7 Å². The third-order valence-electron chi connectivity index (χ3n) is 4.41. The molecule has 2 amide bonds. The van der Waals surface area contributed by atoms with Crippen LogP contribution < -0.4 is 10.6 Å². The fourth-order valence-electron chi connectivity index (χ4n) is 2.93. The maximum atomic E-state index is 12.5. The van der Waals surface area contributed by atoms with Gasteiger partial charge in [-0.25, -0.2) is 8.42 Å². The third-order valence-corrected chi connectivity index (χ3v) is 6.26. The average molecular weight is 397 g/mol. The first kappa shape index (κ1) is 21.3. The van der Waals surface area contributed by atoms with Gasteiger partial charge >= 0.3 is 0 Å². The molecule has 1 aliphatic rings. The Labute approximate surface area is 161 Å². The molecule has 1 fully saturated rings. The van der Waals surface area contributed by atoms with Crippen LogP contribution in [0.15, 0.2) is 30.3 Å². The van der Waals surface area contributed by atoms with E-state index in [1.54, 1.807) is 19.1 Å². The highest BCUT2D eigenvalue weighted by Crippen LogP contribution is 2.13. The zero-order chi connectivity index (χ0) is 19.9. The van der Waals surface area contributed by atoms with Gasteiger partial charge in [-0.3, -0.25) is 14.5 Å². The molecular formula is C18H28N4O4S. The number of likely N-dealkylation sites (N-methyl/N-ethyl adjacent to an activating group) is 1. The molecule has 0 aliphatic carbocycles. The number of hydrogen-bond acceptors (Lipinski definition) is 5. The zero-order valence-corrected chi connectivity index (χ0v) is 16.7. The standard InChI is InChI=1S/C18H28N4O4S/c1-3-19-18(24)15(2)20-17(23)13-21-9-11-22(12-10-21)27(25,26)14-16-7-5-4-6-8-16/h4-8,15H,3,9-14H2,1-2H3,(H,19,24)(H,20,23)/t15-/m0/s1. The second-order valence-electron chi connectivity index (χ2n) is 6.60. The Kier molecular flexibility index (Phi) is 7.76. The number of sulfonamides is 1. The molecule has 1 aliphatic heterocycles. The Morgan fingerprint density at radius 3 is 2.33 bits per heavy atom. The molecule has 2 rings (SSSR count). The number of nitrogens with one attached hydrogen (secondary N) is 2. The van der Waals surface area contributed by atoms with E-state index >= 15 is 0 Å². The van der Waals surface area contributed by atoms with E-state index in [1.165, 1.54) is 4.31 Å². The summed E-state index contributed by atoms with van der Waals surface area (Å²) in [6.07, 6.45) is 0. The van der Waals surface area contributed by atoms with E-state index in [9.17, 15) is 18.0 Å². The van der Waals surface area contributed by atoms with Gasteiger partial charge in [0.05, 0.1) is 12.3 Å². The van der Waals surface area contributed by atoms with Crippen molar-refractivity contribution in [3.05, 3.63) is 35.9 Å². The summed E-state index contributed by atoms with van der Waals surface area (Å²) >= 11 is 0. The lowest BCUT2D eigenvalue weighted by Gasteiger charge is -2.33. The van der Waals surface area contributed by atoms with Crippen molar-refractivity contribution in [3.63, 3.8) is 0 Å². The number of benzene rings is 1. The van der Waals surface area contributed by atoms with Gasteiger partial charge in [-0.1, -0.05) is 30.3 Å². The molecule has 1 saturated heterocycles. The second-order valence-corrected chi connectivity index (χ2v) is 8.57. The summed E-state index contributed by atoms with van der Waals surface area (Å²) in [5.74, 6) is -0.477. The van der Waals surface area contributed by atoms with Crippen LogP contribution >= 0.6 is 0 Å². The molecule has 0 aromatic heterocycles. The van der Waals surface area contributed by atoms with E-state index in [0.29, 0.717) is 32.7 Å². The normalized spacial score (nSPS) is 17.3. The maximum Gasteiger partial charge on any atom is 0.242 e. The van der Waals surface area contributed by atoms with Crippen molar-refractivity contribution in [3.8, 4) is 0 Å². The Hall–Kier alpha value is -1.97. The Balaban J connectivity index is 1.79. The van der Waals surface area contributed by atoms with Gasteiger partial charge in [-0.15, -0.1) is 0 Å². The quantitative estimate of drug-likeness (QED) is 0.633. The fraction of sp³-hybridized carbons (Fsp3) is 0.556. The SMILES string of the molecule is CCNC(=O)[C@H](C)NC(=O)CN1CCN(S(=O)(=O)Cc2ccccc2)CC1. The monoisotopic (exact) mass is 396 g/mol. The first-order chi connectivity index (χ1) is 12.8. The van der Waals surface area contributed by atoms with Crippen LogP contribution in [0.1, 0.15) is 19.4 Å². The average Bonchev–Trinajstić information content (AvgIpc) is 2.62. The number of rotatable bonds is 8. The molecule has 0 bridgehead atoms. The molecule has 2 N–H and O–H groups in total. The molecule has 1 aromatic rings. The van der Waals surface area contributed by atoms with Crippen molar-refractivity contribution < 1.29 is 18.0 Å². The minimum Gasteiger partial charge on any atom is -0.355 e. The summed E-state index contributed by atoms with van der Waals surface area (Å²) < 4.78 is 26.6. The Morgan fingerprint density at radius 2 is 1.74 bits per heavy atom. The van der Waals surface area contributed by atoms with Crippen LogP contribution in [-0.2, 0) is 25.4 Å². The van der Waals surface area contributed by atoms with E-state index in [2.05, 4.69) is 10.6 Å². The van der Waals surface area contributed by atoms with Gasteiger partial charge < -0.3 is 10.6 Å². The summed E-state index contributed by atoms with van der Waals surface area (Å²) in [6.45, 7) is 5.79. The lowest BCUT2D eigenvalue weighted by Crippen LogP contribution is -2.53. The van der Waals surface area contributed by atoms with Crippen LogP contribution in [0.25, 0.3) is 0 Å². The Morgan fingerprint density at radius 1 is 1.11 bits per heavy atom. The number of amides is 2. The van der Waals surface area contributed by atoms with Gasteiger partial charge in [0.1, 0.15) is 6.04 Å². The lowest BCUT2D eigenvalue weighted by atomic mass is 10.2. The zero-order valence-electron chi connectivity index (χ0n) is 15.8. The van der Waals surface area contributed by atoms with E-state index in [1.807, 2.05) is 30.0 Å². The van der Waals surface area contributed by atoms with Crippen molar-refractivity contribution in [2.45, 2.75) is 25.6 Å². The fourth-order valence-corrected chi connectivity index (χ4v) is 4.44. The van der Waals surface area contributed by atoms with Crippen molar-refractivity contribution in [2.75, 3.05) is 39.3 Å². The minimum atomic E-state index is -3.37.